The molecule has 72 valence electrons. The van der Waals surface area contributed by atoms with Crippen LogP contribution in [0.2, 0.25) is 0 Å². The van der Waals surface area contributed by atoms with E-state index in [1.54, 1.807) is 18.4 Å². The third-order valence-electron chi connectivity index (χ3n) is 1.73. The maximum absolute atomic E-state index is 11.2. The Labute approximate surface area is 85.9 Å². The van der Waals surface area contributed by atoms with E-state index in [0.29, 0.717) is 10.8 Å². The summed E-state index contributed by atoms with van der Waals surface area (Å²) >= 11 is 1.46. The molecule has 2 heterocycles. The van der Waals surface area contributed by atoms with E-state index in [9.17, 15) is 5.21 Å². The highest BCUT2D eigenvalue weighted by molar-refractivity contribution is 7.98. The third kappa shape index (κ3) is 2.09. The molecule has 2 rings (SSSR count). The smallest absolute Gasteiger partial charge is 0.251 e. The van der Waals surface area contributed by atoms with Crippen LogP contribution in [0.25, 0.3) is 0 Å². The van der Waals surface area contributed by atoms with E-state index in [1.165, 1.54) is 18.0 Å². The summed E-state index contributed by atoms with van der Waals surface area (Å²) < 4.78 is 6.02. The van der Waals surface area contributed by atoms with Gasteiger partial charge in [-0.1, -0.05) is 0 Å². The van der Waals surface area contributed by atoms with Crippen molar-refractivity contribution in [1.82, 2.24) is 0 Å². The first-order chi connectivity index (χ1) is 6.86. The van der Waals surface area contributed by atoms with Crippen molar-refractivity contribution in [3.05, 3.63) is 53.8 Å². The molecule has 0 aromatic carbocycles. The van der Waals surface area contributed by atoms with E-state index in [-0.39, 0.29) is 0 Å². The van der Waals surface area contributed by atoms with E-state index in [1.807, 2.05) is 18.2 Å². The zero-order valence-electron chi connectivity index (χ0n) is 7.42. The highest BCUT2D eigenvalue weighted by atomic mass is 32.2. The Balaban J connectivity index is 2.02. The minimum atomic E-state index is 0.680. The van der Waals surface area contributed by atoms with E-state index < -0.39 is 0 Å². The van der Waals surface area contributed by atoms with Crippen molar-refractivity contribution in [2.75, 3.05) is 0 Å². The molecule has 0 bridgehead atoms. The van der Waals surface area contributed by atoms with Gasteiger partial charge >= 0.3 is 0 Å². The van der Waals surface area contributed by atoms with Crippen LogP contribution in [0.15, 0.2) is 52.2 Å². The van der Waals surface area contributed by atoms with Crippen LogP contribution < -0.4 is 4.73 Å². The van der Waals surface area contributed by atoms with Crippen molar-refractivity contribution in [1.29, 1.82) is 0 Å². The molecule has 0 unspecified atom stereocenters. The highest BCUT2D eigenvalue weighted by Gasteiger charge is 2.05. The van der Waals surface area contributed by atoms with Crippen molar-refractivity contribution < 1.29 is 9.15 Å². The molecular weight excluding hydrogens is 198 g/mol. The van der Waals surface area contributed by atoms with Crippen molar-refractivity contribution in [2.24, 2.45) is 0 Å². The second-order valence-electron chi connectivity index (χ2n) is 2.73. The zero-order chi connectivity index (χ0) is 9.80. The highest BCUT2D eigenvalue weighted by Crippen LogP contribution is 2.18. The van der Waals surface area contributed by atoms with Crippen molar-refractivity contribution >= 4 is 11.8 Å². The molecular formula is C10H9NO2S. The van der Waals surface area contributed by atoms with E-state index in [0.717, 1.165) is 10.5 Å². The number of furan rings is 1. The average molecular weight is 207 g/mol. The number of hydrogen-bond donors (Lipinski definition) is 0. The van der Waals surface area contributed by atoms with Crippen LogP contribution in [0, 0.1) is 5.21 Å². The second kappa shape index (κ2) is 4.19. The number of aromatic nitrogens is 1. The Morgan fingerprint density at radius 3 is 2.93 bits per heavy atom. The van der Waals surface area contributed by atoms with Gasteiger partial charge in [-0.3, -0.25) is 0 Å². The van der Waals surface area contributed by atoms with Crippen LogP contribution in [0.5, 0.6) is 0 Å². The minimum Gasteiger partial charge on any atom is -0.618 e. The number of pyridine rings is 1. The van der Waals surface area contributed by atoms with Gasteiger partial charge in [-0.15, -0.1) is 0 Å². The third-order valence-corrected chi connectivity index (χ3v) is 2.77. The minimum absolute atomic E-state index is 0.680. The van der Waals surface area contributed by atoms with Crippen molar-refractivity contribution in [3.8, 4) is 0 Å². The molecule has 0 radical (unpaired) electrons. The molecule has 3 nitrogen and oxygen atoms in total. The van der Waals surface area contributed by atoms with Gasteiger partial charge in [-0.05, 0) is 30.0 Å². The van der Waals surface area contributed by atoms with Crippen LogP contribution in [0.1, 0.15) is 5.76 Å². The lowest BCUT2D eigenvalue weighted by Crippen LogP contribution is -2.27. The van der Waals surface area contributed by atoms with Gasteiger partial charge in [0.25, 0.3) is 5.03 Å². The van der Waals surface area contributed by atoms with Crippen LogP contribution in [0.4, 0.5) is 0 Å². The summed E-state index contributed by atoms with van der Waals surface area (Å²) in [6.07, 6.45) is 3.12. The average Bonchev–Trinajstić information content (AvgIpc) is 2.69. The first-order valence-corrected chi connectivity index (χ1v) is 5.18. The zero-order valence-corrected chi connectivity index (χ0v) is 8.24. The van der Waals surface area contributed by atoms with Gasteiger partial charge in [0.15, 0.2) is 6.20 Å². The van der Waals surface area contributed by atoms with Gasteiger partial charge < -0.3 is 9.62 Å². The SMILES string of the molecule is [O-][n+]1ccccc1SCc1ccco1. The van der Waals surface area contributed by atoms with Crippen LogP contribution in [-0.2, 0) is 5.75 Å². The monoisotopic (exact) mass is 207 g/mol. The quantitative estimate of drug-likeness (QED) is 0.440. The summed E-state index contributed by atoms with van der Waals surface area (Å²) in [6.45, 7) is 0. The summed E-state index contributed by atoms with van der Waals surface area (Å²) in [5.74, 6) is 1.55. The predicted octanol–water partition coefficient (Wildman–Crippen LogP) is 2.21. The standard InChI is InChI=1S/C10H9NO2S/c12-11-6-2-1-5-10(11)14-8-9-4-3-7-13-9/h1-7H,8H2. The Bertz CT molecular complexity index is 400. The van der Waals surface area contributed by atoms with E-state index in [2.05, 4.69) is 0 Å². The molecule has 0 N–H and O–H groups in total. The molecule has 0 spiro atoms. The Kier molecular flexibility index (Phi) is 2.74. The van der Waals surface area contributed by atoms with Crippen LogP contribution >= 0.6 is 11.8 Å². The fourth-order valence-corrected chi connectivity index (χ4v) is 1.88. The lowest BCUT2D eigenvalue weighted by Gasteiger charge is -2.01. The Morgan fingerprint density at radius 2 is 2.21 bits per heavy atom. The lowest BCUT2D eigenvalue weighted by molar-refractivity contribution is -0.645. The molecule has 14 heavy (non-hydrogen) atoms. The van der Waals surface area contributed by atoms with Gasteiger partial charge in [-0.25, -0.2) is 0 Å². The summed E-state index contributed by atoms with van der Waals surface area (Å²) in [7, 11) is 0. The van der Waals surface area contributed by atoms with E-state index >= 15 is 0 Å². The first-order valence-electron chi connectivity index (χ1n) is 4.19. The predicted molar refractivity (Wildman–Crippen MR) is 53.7 cm³/mol. The molecule has 0 saturated carbocycles. The molecule has 2 aromatic heterocycles. The lowest BCUT2D eigenvalue weighted by atomic mass is 10.5. The number of nitrogens with zero attached hydrogens (tertiary/aromatic N) is 1. The van der Waals surface area contributed by atoms with Gasteiger partial charge in [0, 0.05) is 12.1 Å². The second-order valence-corrected chi connectivity index (χ2v) is 3.73. The fourth-order valence-electron chi connectivity index (χ4n) is 1.06. The summed E-state index contributed by atoms with van der Waals surface area (Å²) in [4.78, 5) is 0. The molecule has 4 heteroatoms. The molecule has 2 aromatic rings. The summed E-state index contributed by atoms with van der Waals surface area (Å²) in [6, 6.07) is 9.08. The number of thioether (sulfide) groups is 1. The Hall–Kier alpha value is -1.42. The largest absolute Gasteiger partial charge is 0.618 e. The molecule has 0 fully saturated rings. The number of rotatable bonds is 3. The molecule has 0 aliphatic rings. The van der Waals surface area contributed by atoms with Gasteiger partial charge in [0.05, 0.1) is 12.0 Å². The summed E-state index contributed by atoms with van der Waals surface area (Å²) in [5.41, 5.74) is 0. The first kappa shape index (κ1) is 9.15. The molecule has 0 aliphatic carbocycles. The van der Waals surface area contributed by atoms with Gasteiger partial charge in [0.1, 0.15) is 5.76 Å². The molecule has 0 atom stereocenters. The Morgan fingerprint density at radius 1 is 1.29 bits per heavy atom. The fraction of sp³-hybridized carbons (Fsp3) is 0.100. The molecule has 0 saturated heterocycles. The van der Waals surface area contributed by atoms with Crippen LogP contribution in [-0.4, -0.2) is 0 Å². The normalized spacial score (nSPS) is 10.3. The maximum atomic E-state index is 11.2. The van der Waals surface area contributed by atoms with E-state index in [4.69, 9.17) is 4.42 Å². The topological polar surface area (TPSA) is 40.1 Å². The summed E-state index contributed by atoms with van der Waals surface area (Å²) in [5, 5.41) is 11.9. The van der Waals surface area contributed by atoms with Crippen LogP contribution in [0.3, 0.4) is 0 Å². The number of hydrogen-bond acceptors (Lipinski definition) is 3. The molecule has 0 aliphatic heterocycles. The van der Waals surface area contributed by atoms with Crippen molar-refractivity contribution in [2.45, 2.75) is 10.8 Å². The van der Waals surface area contributed by atoms with Gasteiger partial charge in [-0.2, -0.15) is 4.73 Å². The molecule has 0 amide bonds. The van der Waals surface area contributed by atoms with Gasteiger partial charge in [0.2, 0.25) is 0 Å². The maximum Gasteiger partial charge on any atom is 0.251 e. The van der Waals surface area contributed by atoms with Crippen molar-refractivity contribution in [3.63, 3.8) is 0 Å².